The number of carbonyl (C=O) groups is 1. The van der Waals surface area contributed by atoms with Crippen LogP contribution in [0.15, 0.2) is 30.3 Å². The van der Waals surface area contributed by atoms with Crippen LogP contribution in [0.5, 0.6) is 0 Å². The summed E-state index contributed by atoms with van der Waals surface area (Å²) in [4.78, 5) is 11.5. The molecule has 6 heteroatoms. The second-order valence-electron chi connectivity index (χ2n) is 3.31. The highest BCUT2D eigenvalue weighted by Crippen LogP contribution is 2.14. The number of rotatable bonds is 1. The van der Waals surface area contributed by atoms with E-state index < -0.39 is 13.2 Å². The van der Waals surface area contributed by atoms with Gasteiger partial charge in [-0.3, -0.25) is 4.57 Å². The largest absolute Gasteiger partial charge is 0.506 e. The van der Waals surface area contributed by atoms with Crippen LogP contribution in [0.1, 0.15) is 0 Å². The van der Waals surface area contributed by atoms with Gasteiger partial charge in [0.05, 0.1) is 18.2 Å². The standard InChI is InChI=1S/C10H10BNO4/c1-16-10(13)12-8-5-3-2-4-7(8)6-9(12)11(14)15/h2-6,14-15H,1H3. The maximum absolute atomic E-state index is 11.5. The Kier molecular flexibility index (Phi) is 2.68. The summed E-state index contributed by atoms with van der Waals surface area (Å²) >= 11 is 0. The molecule has 2 aromatic rings. The van der Waals surface area contributed by atoms with Crippen LogP contribution in [0.3, 0.4) is 0 Å². The number of benzene rings is 1. The van der Waals surface area contributed by atoms with E-state index in [2.05, 4.69) is 4.74 Å². The topological polar surface area (TPSA) is 71.7 Å². The zero-order chi connectivity index (χ0) is 11.7. The van der Waals surface area contributed by atoms with Gasteiger partial charge in [-0.05, 0) is 17.5 Å². The average Bonchev–Trinajstić information content (AvgIpc) is 2.67. The third-order valence-electron chi connectivity index (χ3n) is 2.36. The van der Waals surface area contributed by atoms with Gasteiger partial charge in [0.15, 0.2) is 0 Å². The molecular weight excluding hydrogens is 209 g/mol. The van der Waals surface area contributed by atoms with E-state index in [9.17, 15) is 14.8 Å². The highest BCUT2D eigenvalue weighted by Gasteiger charge is 2.23. The molecule has 0 spiro atoms. The monoisotopic (exact) mass is 219 g/mol. The fourth-order valence-corrected chi connectivity index (χ4v) is 1.66. The van der Waals surface area contributed by atoms with E-state index in [1.54, 1.807) is 24.3 Å². The summed E-state index contributed by atoms with van der Waals surface area (Å²) < 4.78 is 5.73. The number of fused-ring (bicyclic) bond motifs is 1. The Hall–Kier alpha value is -1.79. The number of hydrogen-bond acceptors (Lipinski definition) is 4. The third kappa shape index (κ3) is 1.58. The molecule has 0 aliphatic rings. The SMILES string of the molecule is COC(=O)n1c(B(O)O)cc2ccccc21. The number of carbonyl (C=O) groups excluding carboxylic acids is 1. The van der Waals surface area contributed by atoms with Crippen molar-refractivity contribution in [2.24, 2.45) is 0 Å². The molecule has 16 heavy (non-hydrogen) atoms. The molecule has 0 bridgehead atoms. The third-order valence-corrected chi connectivity index (χ3v) is 2.36. The molecular formula is C10H10BNO4. The van der Waals surface area contributed by atoms with E-state index in [1.165, 1.54) is 13.2 Å². The first-order chi connectivity index (χ1) is 7.65. The molecule has 0 radical (unpaired) electrons. The molecule has 82 valence electrons. The molecule has 0 saturated carbocycles. The predicted molar refractivity (Wildman–Crippen MR) is 59.6 cm³/mol. The summed E-state index contributed by atoms with van der Waals surface area (Å²) in [6.45, 7) is 0. The Morgan fingerprint density at radius 2 is 2.06 bits per heavy atom. The maximum atomic E-state index is 11.5. The van der Waals surface area contributed by atoms with Gasteiger partial charge in [-0.2, -0.15) is 0 Å². The molecule has 0 unspecified atom stereocenters. The normalized spacial score (nSPS) is 10.4. The van der Waals surface area contributed by atoms with Crippen LogP contribution in [-0.2, 0) is 4.74 Å². The van der Waals surface area contributed by atoms with Crippen molar-refractivity contribution in [2.75, 3.05) is 7.11 Å². The Bertz CT molecular complexity index is 535. The number of aromatic nitrogens is 1. The quantitative estimate of drug-likeness (QED) is 0.659. The summed E-state index contributed by atoms with van der Waals surface area (Å²) in [5.74, 6) is 0. The number of hydrogen-bond donors (Lipinski definition) is 2. The Morgan fingerprint density at radius 1 is 1.38 bits per heavy atom. The van der Waals surface area contributed by atoms with Crippen LogP contribution >= 0.6 is 0 Å². The molecule has 0 atom stereocenters. The average molecular weight is 219 g/mol. The van der Waals surface area contributed by atoms with Crippen molar-refractivity contribution in [3.8, 4) is 0 Å². The summed E-state index contributed by atoms with van der Waals surface area (Å²) in [6, 6.07) is 8.59. The van der Waals surface area contributed by atoms with Crippen LogP contribution in [0, 0.1) is 0 Å². The number of methoxy groups -OCH3 is 1. The van der Waals surface area contributed by atoms with Gasteiger partial charge in [0.2, 0.25) is 0 Å². The van der Waals surface area contributed by atoms with Crippen molar-refractivity contribution in [3.63, 3.8) is 0 Å². The Morgan fingerprint density at radius 3 is 2.69 bits per heavy atom. The van der Waals surface area contributed by atoms with Gasteiger partial charge >= 0.3 is 13.2 Å². The molecule has 5 nitrogen and oxygen atoms in total. The Balaban J connectivity index is 2.74. The zero-order valence-corrected chi connectivity index (χ0v) is 8.62. The van der Waals surface area contributed by atoms with Crippen molar-refractivity contribution in [1.82, 2.24) is 4.57 Å². The van der Waals surface area contributed by atoms with Gasteiger partial charge in [0.25, 0.3) is 0 Å². The van der Waals surface area contributed by atoms with Gasteiger partial charge < -0.3 is 14.8 Å². The lowest BCUT2D eigenvalue weighted by Crippen LogP contribution is -2.38. The van der Waals surface area contributed by atoms with Crippen molar-refractivity contribution in [1.29, 1.82) is 0 Å². The molecule has 0 aliphatic heterocycles. The second-order valence-corrected chi connectivity index (χ2v) is 3.31. The lowest BCUT2D eigenvalue weighted by Gasteiger charge is -2.06. The van der Waals surface area contributed by atoms with E-state index in [0.717, 1.165) is 9.95 Å². The first-order valence-corrected chi connectivity index (χ1v) is 4.70. The molecule has 0 saturated heterocycles. The zero-order valence-electron chi connectivity index (χ0n) is 8.62. The molecule has 2 N–H and O–H groups in total. The number of nitrogens with zero attached hydrogens (tertiary/aromatic N) is 1. The fourth-order valence-electron chi connectivity index (χ4n) is 1.66. The van der Waals surface area contributed by atoms with Gasteiger partial charge in [0, 0.05) is 0 Å². The number of ether oxygens (including phenoxy) is 1. The minimum atomic E-state index is -1.72. The predicted octanol–water partition coefficient (Wildman–Crippen LogP) is -0.0644. The van der Waals surface area contributed by atoms with E-state index in [1.807, 2.05) is 0 Å². The van der Waals surface area contributed by atoms with Crippen molar-refractivity contribution < 1.29 is 19.6 Å². The van der Waals surface area contributed by atoms with Crippen molar-refractivity contribution in [3.05, 3.63) is 30.3 Å². The minimum absolute atomic E-state index is 0.0908. The van der Waals surface area contributed by atoms with E-state index in [4.69, 9.17) is 0 Å². The molecule has 0 amide bonds. The number of para-hydroxylation sites is 1. The van der Waals surface area contributed by atoms with Crippen LogP contribution < -0.4 is 5.59 Å². The van der Waals surface area contributed by atoms with E-state index in [0.29, 0.717) is 5.52 Å². The van der Waals surface area contributed by atoms with Crippen LogP contribution in [-0.4, -0.2) is 34.9 Å². The fraction of sp³-hybridized carbons (Fsp3) is 0.100. The van der Waals surface area contributed by atoms with Gasteiger partial charge in [-0.15, -0.1) is 0 Å². The summed E-state index contributed by atoms with van der Waals surface area (Å²) in [5, 5.41) is 19.1. The van der Waals surface area contributed by atoms with E-state index >= 15 is 0 Å². The van der Waals surface area contributed by atoms with Gasteiger partial charge in [0.1, 0.15) is 0 Å². The van der Waals surface area contributed by atoms with Crippen LogP contribution in [0.2, 0.25) is 0 Å². The van der Waals surface area contributed by atoms with E-state index in [-0.39, 0.29) is 5.59 Å². The lowest BCUT2D eigenvalue weighted by molar-refractivity contribution is 0.174. The molecule has 1 aromatic carbocycles. The van der Waals surface area contributed by atoms with Crippen molar-refractivity contribution >= 4 is 29.7 Å². The first kappa shape index (κ1) is 10.7. The molecule has 0 aliphatic carbocycles. The lowest BCUT2D eigenvalue weighted by atomic mass is 9.86. The highest BCUT2D eigenvalue weighted by atomic mass is 16.5. The summed E-state index contributed by atoms with van der Waals surface area (Å²) in [6.07, 6.45) is -0.649. The smallest absolute Gasteiger partial charge is 0.452 e. The van der Waals surface area contributed by atoms with Gasteiger partial charge in [-0.25, -0.2) is 4.79 Å². The van der Waals surface area contributed by atoms with Crippen molar-refractivity contribution in [2.45, 2.75) is 0 Å². The second kappa shape index (κ2) is 4.00. The molecule has 0 fully saturated rings. The van der Waals surface area contributed by atoms with Crippen LogP contribution in [0.4, 0.5) is 4.79 Å². The molecule has 1 heterocycles. The molecule has 2 rings (SSSR count). The summed E-state index contributed by atoms with van der Waals surface area (Å²) in [5.41, 5.74) is 0.672. The van der Waals surface area contributed by atoms with Gasteiger partial charge in [-0.1, -0.05) is 18.2 Å². The molecule has 1 aromatic heterocycles. The minimum Gasteiger partial charge on any atom is -0.452 e. The maximum Gasteiger partial charge on any atom is 0.506 e. The first-order valence-electron chi connectivity index (χ1n) is 4.70. The van der Waals surface area contributed by atoms with Crippen LogP contribution in [0.25, 0.3) is 10.9 Å². The summed E-state index contributed by atoms with van der Waals surface area (Å²) in [7, 11) is -0.475. The Labute approximate surface area is 92.0 Å². The highest BCUT2D eigenvalue weighted by molar-refractivity contribution is 6.59.